The molecule has 1 N–H and O–H groups in total. The summed E-state index contributed by atoms with van der Waals surface area (Å²) in [5.74, 6) is 2.57. The van der Waals surface area contributed by atoms with Crippen molar-refractivity contribution in [2.75, 3.05) is 37.7 Å². The summed E-state index contributed by atoms with van der Waals surface area (Å²) in [6, 6.07) is 2.11. The van der Waals surface area contributed by atoms with Crippen LogP contribution >= 0.6 is 27.7 Å². The van der Waals surface area contributed by atoms with Crippen LogP contribution in [0, 0.1) is 0 Å². The highest BCUT2D eigenvalue weighted by Crippen LogP contribution is 2.09. The van der Waals surface area contributed by atoms with Crippen LogP contribution in [0.3, 0.4) is 0 Å². The van der Waals surface area contributed by atoms with Gasteiger partial charge < -0.3 is 10.2 Å². The van der Waals surface area contributed by atoms with Gasteiger partial charge in [-0.05, 0) is 27.6 Å². The van der Waals surface area contributed by atoms with Crippen LogP contribution in [0.4, 0.5) is 0 Å². The summed E-state index contributed by atoms with van der Waals surface area (Å²) in [5, 5.41) is 3.47. The monoisotopic (exact) mass is 315 g/mol. The molecule has 5 heteroatoms. The topological polar surface area (TPSA) is 28.2 Å². The van der Waals surface area contributed by atoms with Crippen molar-refractivity contribution in [1.29, 1.82) is 0 Å². The van der Waals surface area contributed by atoms with E-state index in [0.717, 1.165) is 24.1 Å². The van der Waals surface area contributed by atoms with Gasteiger partial charge in [-0.2, -0.15) is 11.8 Å². The molecule has 17 heavy (non-hydrogen) atoms. The molecule has 2 rings (SSSR count). The Balaban J connectivity index is 1.62. The van der Waals surface area contributed by atoms with Crippen molar-refractivity contribution in [2.45, 2.75) is 6.54 Å². The molecule has 0 aliphatic carbocycles. The van der Waals surface area contributed by atoms with Gasteiger partial charge in [0.2, 0.25) is 0 Å². The highest BCUT2D eigenvalue weighted by molar-refractivity contribution is 9.10. The van der Waals surface area contributed by atoms with Crippen LogP contribution in [0.1, 0.15) is 5.56 Å². The molecule has 2 heterocycles. The standard InChI is InChI=1S/C12H18BrN3S/c13-12-7-11(9-15-10-12)8-14-1-2-16-3-5-17-6-4-16/h7,9-10,14H,1-6,8H2. The number of hydrogen-bond acceptors (Lipinski definition) is 4. The van der Waals surface area contributed by atoms with Crippen molar-refractivity contribution in [3.63, 3.8) is 0 Å². The first-order valence-corrected chi connectivity index (χ1v) is 7.89. The molecule has 0 saturated carbocycles. The normalized spacial score (nSPS) is 17.2. The second kappa shape index (κ2) is 7.36. The lowest BCUT2D eigenvalue weighted by atomic mass is 10.3. The predicted octanol–water partition coefficient (Wildman–Crippen LogP) is 1.98. The maximum atomic E-state index is 4.15. The number of thioether (sulfide) groups is 1. The summed E-state index contributed by atoms with van der Waals surface area (Å²) < 4.78 is 1.05. The minimum Gasteiger partial charge on any atom is -0.311 e. The lowest BCUT2D eigenvalue weighted by Crippen LogP contribution is -2.37. The molecule has 0 amide bonds. The van der Waals surface area contributed by atoms with Gasteiger partial charge >= 0.3 is 0 Å². The van der Waals surface area contributed by atoms with Gasteiger partial charge in [0.05, 0.1) is 0 Å². The van der Waals surface area contributed by atoms with Crippen LogP contribution in [0.15, 0.2) is 22.9 Å². The molecule has 1 saturated heterocycles. The lowest BCUT2D eigenvalue weighted by Gasteiger charge is -2.26. The molecular weight excluding hydrogens is 298 g/mol. The summed E-state index contributed by atoms with van der Waals surface area (Å²) in [6.45, 7) is 5.59. The Morgan fingerprint density at radius 1 is 1.35 bits per heavy atom. The van der Waals surface area contributed by atoms with Gasteiger partial charge in [-0.3, -0.25) is 4.98 Å². The number of pyridine rings is 1. The van der Waals surface area contributed by atoms with Crippen molar-refractivity contribution in [2.24, 2.45) is 0 Å². The van der Waals surface area contributed by atoms with Crippen LogP contribution in [0.5, 0.6) is 0 Å². The molecular formula is C12H18BrN3S. The average Bonchev–Trinajstić information content (AvgIpc) is 2.36. The Morgan fingerprint density at radius 2 is 2.18 bits per heavy atom. The van der Waals surface area contributed by atoms with E-state index in [9.17, 15) is 0 Å². The highest BCUT2D eigenvalue weighted by atomic mass is 79.9. The number of aromatic nitrogens is 1. The Kier molecular flexibility index (Phi) is 5.77. The van der Waals surface area contributed by atoms with Gasteiger partial charge in [0.1, 0.15) is 0 Å². The second-order valence-corrected chi connectivity index (χ2v) is 6.28. The third-order valence-corrected chi connectivity index (χ3v) is 4.18. The minimum atomic E-state index is 0.898. The van der Waals surface area contributed by atoms with E-state index in [1.165, 1.54) is 30.2 Å². The third-order valence-electron chi connectivity index (χ3n) is 2.80. The second-order valence-electron chi connectivity index (χ2n) is 4.14. The van der Waals surface area contributed by atoms with E-state index in [1.807, 2.05) is 12.4 Å². The molecule has 0 radical (unpaired) electrons. The fraction of sp³-hybridized carbons (Fsp3) is 0.583. The van der Waals surface area contributed by atoms with Gasteiger partial charge in [-0.25, -0.2) is 0 Å². The highest BCUT2D eigenvalue weighted by Gasteiger charge is 2.08. The molecule has 1 aliphatic rings. The first-order chi connectivity index (χ1) is 8.34. The first-order valence-electron chi connectivity index (χ1n) is 5.95. The molecule has 3 nitrogen and oxygen atoms in total. The zero-order valence-corrected chi connectivity index (χ0v) is 12.3. The summed E-state index contributed by atoms with van der Waals surface area (Å²) >= 11 is 5.49. The summed E-state index contributed by atoms with van der Waals surface area (Å²) in [5.41, 5.74) is 1.23. The van der Waals surface area contributed by atoms with Gasteiger partial charge in [0.25, 0.3) is 0 Å². The van der Waals surface area contributed by atoms with Crippen LogP contribution in [-0.4, -0.2) is 47.6 Å². The molecule has 1 aromatic heterocycles. The van der Waals surface area contributed by atoms with Gasteiger partial charge in [-0.1, -0.05) is 0 Å². The Morgan fingerprint density at radius 3 is 2.94 bits per heavy atom. The van der Waals surface area contributed by atoms with E-state index in [4.69, 9.17) is 0 Å². The fourth-order valence-corrected chi connectivity index (χ4v) is 3.24. The predicted molar refractivity (Wildman–Crippen MR) is 77.4 cm³/mol. The summed E-state index contributed by atoms with van der Waals surface area (Å²) in [7, 11) is 0. The maximum absolute atomic E-state index is 4.15. The van der Waals surface area contributed by atoms with E-state index in [2.05, 4.69) is 49.0 Å². The number of rotatable bonds is 5. The first kappa shape index (κ1) is 13.3. The van der Waals surface area contributed by atoms with Crippen LogP contribution < -0.4 is 5.32 Å². The zero-order valence-electron chi connectivity index (χ0n) is 9.86. The van der Waals surface area contributed by atoms with Gasteiger partial charge in [0, 0.05) is 61.1 Å². The Labute approximate surface area is 116 Å². The van der Waals surface area contributed by atoms with Crippen LogP contribution in [-0.2, 0) is 6.54 Å². The molecule has 0 unspecified atom stereocenters. The largest absolute Gasteiger partial charge is 0.311 e. The van der Waals surface area contributed by atoms with Gasteiger partial charge in [0.15, 0.2) is 0 Å². The van der Waals surface area contributed by atoms with E-state index >= 15 is 0 Å². The SMILES string of the molecule is Brc1cncc(CNCCN2CCSCC2)c1. The smallest absolute Gasteiger partial charge is 0.0410 e. The molecule has 94 valence electrons. The average molecular weight is 316 g/mol. The van der Waals surface area contributed by atoms with Crippen molar-refractivity contribution in [3.05, 3.63) is 28.5 Å². The molecule has 1 aliphatic heterocycles. The number of nitrogens with one attached hydrogen (secondary N) is 1. The van der Waals surface area contributed by atoms with Crippen LogP contribution in [0.25, 0.3) is 0 Å². The van der Waals surface area contributed by atoms with Crippen molar-refractivity contribution in [1.82, 2.24) is 15.2 Å². The van der Waals surface area contributed by atoms with E-state index < -0.39 is 0 Å². The Hall–Kier alpha value is -0.100. The molecule has 1 fully saturated rings. The molecule has 0 aromatic carbocycles. The number of hydrogen-bond donors (Lipinski definition) is 1. The summed E-state index contributed by atoms with van der Waals surface area (Å²) in [6.07, 6.45) is 3.73. The lowest BCUT2D eigenvalue weighted by molar-refractivity contribution is 0.301. The molecule has 0 atom stereocenters. The third kappa shape index (κ3) is 4.95. The van der Waals surface area contributed by atoms with Crippen LogP contribution in [0.2, 0.25) is 0 Å². The number of halogens is 1. The Bertz CT molecular complexity index is 342. The maximum Gasteiger partial charge on any atom is 0.0410 e. The van der Waals surface area contributed by atoms with Crippen molar-refractivity contribution >= 4 is 27.7 Å². The minimum absolute atomic E-state index is 0.898. The van der Waals surface area contributed by atoms with Crippen molar-refractivity contribution in [3.8, 4) is 0 Å². The number of nitrogens with zero attached hydrogens (tertiary/aromatic N) is 2. The molecule has 1 aromatic rings. The molecule has 0 bridgehead atoms. The fourth-order valence-electron chi connectivity index (χ4n) is 1.85. The quantitative estimate of drug-likeness (QED) is 0.841. The summed E-state index contributed by atoms with van der Waals surface area (Å²) in [4.78, 5) is 6.68. The van der Waals surface area contributed by atoms with E-state index in [0.29, 0.717) is 0 Å². The zero-order chi connectivity index (χ0) is 11.9. The van der Waals surface area contributed by atoms with E-state index in [1.54, 1.807) is 0 Å². The van der Waals surface area contributed by atoms with Gasteiger partial charge in [-0.15, -0.1) is 0 Å². The molecule has 0 spiro atoms. The van der Waals surface area contributed by atoms with Crippen molar-refractivity contribution < 1.29 is 0 Å². The van der Waals surface area contributed by atoms with E-state index in [-0.39, 0.29) is 0 Å².